The van der Waals surface area contributed by atoms with Crippen LogP contribution in [0.2, 0.25) is 0 Å². The molecule has 0 saturated heterocycles. The Labute approximate surface area is 122 Å². The molecular formula is C17H27NO2. The van der Waals surface area contributed by atoms with Gasteiger partial charge in [0.15, 0.2) is 0 Å². The van der Waals surface area contributed by atoms with Crippen LogP contribution in [0.5, 0.6) is 5.75 Å². The summed E-state index contributed by atoms with van der Waals surface area (Å²) in [6.45, 7) is 5.60. The van der Waals surface area contributed by atoms with Gasteiger partial charge in [0.25, 0.3) is 0 Å². The van der Waals surface area contributed by atoms with Crippen molar-refractivity contribution in [2.45, 2.75) is 51.7 Å². The summed E-state index contributed by atoms with van der Waals surface area (Å²) in [7, 11) is 0. The molecule has 20 heavy (non-hydrogen) atoms. The Bertz CT molecular complexity index is 391. The van der Waals surface area contributed by atoms with Crippen LogP contribution < -0.4 is 10.1 Å². The van der Waals surface area contributed by atoms with Gasteiger partial charge in [-0.25, -0.2) is 0 Å². The minimum Gasteiger partial charge on any atom is -0.491 e. The van der Waals surface area contributed by atoms with Gasteiger partial charge in [-0.1, -0.05) is 38.5 Å². The first-order chi connectivity index (χ1) is 9.55. The van der Waals surface area contributed by atoms with Crippen molar-refractivity contribution >= 4 is 0 Å². The number of benzene rings is 1. The summed E-state index contributed by atoms with van der Waals surface area (Å²) in [5.41, 5.74) is 0.432. The lowest BCUT2D eigenvalue weighted by atomic mass is 9.75. The molecule has 1 fully saturated rings. The molecule has 0 bridgehead atoms. The van der Waals surface area contributed by atoms with E-state index in [4.69, 9.17) is 4.74 Å². The van der Waals surface area contributed by atoms with Crippen molar-refractivity contribution in [2.24, 2.45) is 5.41 Å². The van der Waals surface area contributed by atoms with Gasteiger partial charge >= 0.3 is 0 Å². The van der Waals surface area contributed by atoms with E-state index in [0.717, 1.165) is 5.75 Å². The molecule has 3 nitrogen and oxygen atoms in total. The Morgan fingerprint density at radius 1 is 1.35 bits per heavy atom. The number of aliphatic hydroxyl groups excluding tert-OH is 1. The molecule has 2 rings (SSSR count). The Morgan fingerprint density at radius 3 is 2.80 bits per heavy atom. The average molecular weight is 277 g/mol. The van der Waals surface area contributed by atoms with Crippen LogP contribution in [0.15, 0.2) is 30.3 Å². The standard InChI is InChI=1S/C17H27NO2/c1-17(2)10-6-7-14(11-17)18-12-15(19)13-20-16-8-4-3-5-9-16/h3-5,8-9,14-15,18-19H,6-7,10-13H2,1-2H3. The summed E-state index contributed by atoms with van der Waals surface area (Å²) in [6, 6.07) is 10.2. The van der Waals surface area contributed by atoms with Crippen LogP contribution in [0.25, 0.3) is 0 Å². The smallest absolute Gasteiger partial charge is 0.119 e. The van der Waals surface area contributed by atoms with Crippen molar-refractivity contribution in [1.82, 2.24) is 5.32 Å². The molecule has 0 spiro atoms. The lowest BCUT2D eigenvalue weighted by molar-refractivity contribution is 0.0965. The normalized spacial score (nSPS) is 23.2. The zero-order valence-electron chi connectivity index (χ0n) is 12.6. The molecule has 1 aliphatic carbocycles. The van der Waals surface area contributed by atoms with Crippen molar-refractivity contribution in [3.63, 3.8) is 0 Å². The van der Waals surface area contributed by atoms with Crippen molar-refractivity contribution in [1.29, 1.82) is 0 Å². The molecule has 1 aromatic rings. The second-order valence-electron chi connectivity index (χ2n) is 6.64. The Morgan fingerprint density at radius 2 is 2.10 bits per heavy atom. The van der Waals surface area contributed by atoms with Crippen molar-refractivity contribution < 1.29 is 9.84 Å². The molecule has 0 aromatic heterocycles. The third-order valence-electron chi connectivity index (χ3n) is 4.03. The molecule has 2 unspecified atom stereocenters. The Kier molecular flexibility index (Phi) is 5.44. The number of nitrogens with one attached hydrogen (secondary N) is 1. The van der Waals surface area contributed by atoms with Crippen LogP contribution >= 0.6 is 0 Å². The Hall–Kier alpha value is -1.06. The van der Waals surface area contributed by atoms with Crippen molar-refractivity contribution in [2.75, 3.05) is 13.2 Å². The van der Waals surface area contributed by atoms with Crippen LogP contribution in [0.4, 0.5) is 0 Å². The molecule has 1 aliphatic rings. The van der Waals surface area contributed by atoms with Crippen LogP contribution in [0.3, 0.4) is 0 Å². The van der Waals surface area contributed by atoms with Crippen LogP contribution in [0, 0.1) is 5.41 Å². The number of aliphatic hydroxyl groups is 1. The highest BCUT2D eigenvalue weighted by atomic mass is 16.5. The first-order valence-electron chi connectivity index (χ1n) is 7.64. The monoisotopic (exact) mass is 277 g/mol. The third kappa shape index (κ3) is 5.14. The van der Waals surface area contributed by atoms with E-state index in [1.165, 1.54) is 25.7 Å². The highest BCUT2D eigenvalue weighted by Gasteiger charge is 2.27. The quantitative estimate of drug-likeness (QED) is 0.840. The minimum atomic E-state index is -0.458. The van der Waals surface area contributed by atoms with E-state index in [1.807, 2.05) is 30.3 Å². The fourth-order valence-corrected chi connectivity index (χ4v) is 2.94. The molecule has 1 saturated carbocycles. The van der Waals surface area contributed by atoms with Gasteiger partial charge in [-0.3, -0.25) is 0 Å². The predicted octanol–water partition coefficient (Wildman–Crippen LogP) is 2.98. The van der Waals surface area contributed by atoms with Gasteiger partial charge in [0.2, 0.25) is 0 Å². The number of hydrogen-bond donors (Lipinski definition) is 2. The van der Waals surface area contributed by atoms with Gasteiger partial charge in [0.05, 0.1) is 0 Å². The maximum Gasteiger partial charge on any atom is 0.119 e. The summed E-state index contributed by atoms with van der Waals surface area (Å²) in [6.07, 6.45) is 4.54. The molecule has 0 amide bonds. The number of rotatable bonds is 6. The lowest BCUT2D eigenvalue weighted by Gasteiger charge is -2.36. The average Bonchev–Trinajstić information content (AvgIpc) is 2.43. The second-order valence-corrected chi connectivity index (χ2v) is 6.64. The SMILES string of the molecule is CC1(C)CCCC(NCC(O)COc2ccccc2)C1. The summed E-state index contributed by atoms with van der Waals surface area (Å²) in [4.78, 5) is 0. The first-order valence-corrected chi connectivity index (χ1v) is 7.64. The van der Waals surface area contributed by atoms with Gasteiger partial charge in [-0.05, 0) is 36.8 Å². The second kappa shape index (κ2) is 7.09. The van der Waals surface area contributed by atoms with E-state index in [2.05, 4.69) is 19.2 Å². The molecule has 0 heterocycles. The molecular weight excluding hydrogens is 250 g/mol. The van der Waals surface area contributed by atoms with Crippen LogP contribution in [0.1, 0.15) is 39.5 Å². The van der Waals surface area contributed by atoms with Gasteiger partial charge in [-0.2, -0.15) is 0 Å². The zero-order chi connectivity index (χ0) is 14.4. The summed E-state index contributed by atoms with van der Waals surface area (Å²) in [5, 5.41) is 13.5. The van der Waals surface area contributed by atoms with Crippen molar-refractivity contribution in [3.8, 4) is 5.75 Å². The van der Waals surface area contributed by atoms with Gasteiger partial charge in [0.1, 0.15) is 18.5 Å². The fraction of sp³-hybridized carbons (Fsp3) is 0.647. The van der Waals surface area contributed by atoms with E-state index in [9.17, 15) is 5.11 Å². The predicted molar refractivity (Wildman–Crippen MR) is 82.0 cm³/mol. The summed E-state index contributed by atoms with van der Waals surface area (Å²) in [5.74, 6) is 0.811. The van der Waals surface area contributed by atoms with Gasteiger partial charge in [0, 0.05) is 12.6 Å². The zero-order valence-corrected chi connectivity index (χ0v) is 12.6. The van der Waals surface area contributed by atoms with E-state index in [1.54, 1.807) is 0 Å². The molecule has 2 N–H and O–H groups in total. The van der Waals surface area contributed by atoms with Crippen LogP contribution in [-0.2, 0) is 0 Å². The first kappa shape index (κ1) is 15.3. The summed E-state index contributed by atoms with van der Waals surface area (Å²) < 4.78 is 5.56. The number of ether oxygens (including phenoxy) is 1. The highest BCUT2D eigenvalue weighted by Crippen LogP contribution is 2.34. The van der Waals surface area contributed by atoms with E-state index in [-0.39, 0.29) is 0 Å². The van der Waals surface area contributed by atoms with Crippen molar-refractivity contribution in [3.05, 3.63) is 30.3 Å². The maximum atomic E-state index is 9.98. The molecule has 2 atom stereocenters. The fourth-order valence-electron chi connectivity index (χ4n) is 2.94. The molecule has 0 radical (unpaired) electrons. The van der Waals surface area contributed by atoms with E-state index < -0.39 is 6.10 Å². The minimum absolute atomic E-state index is 0.340. The largest absolute Gasteiger partial charge is 0.491 e. The maximum absolute atomic E-state index is 9.98. The van der Waals surface area contributed by atoms with Crippen LogP contribution in [-0.4, -0.2) is 30.4 Å². The molecule has 3 heteroatoms. The van der Waals surface area contributed by atoms with Gasteiger partial charge in [-0.15, -0.1) is 0 Å². The third-order valence-corrected chi connectivity index (χ3v) is 4.03. The molecule has 0 aliphatic heterocycles. The summed E-state index contributed by atoms with van der Waals surface area (Å²) >= 11 is 0. The lowest BCUT2D eigenvalue weighted by Crippen LogP contribution is -2.42. The molecule has 112 valence electrons. The number of para-hydroxylation sites is 1. The topological polar surface area (TPSA) is 41.5 Å². The van der Waals surface area contributed by atoms with Gasteiger partial charge < -0.3 is 15.2 Å². The van der Waals surface area contributed by atoms with E-state index in [0.29, 0.717) is 24.6 Å². The Balaban J connectivity index is 1.66. The van der Waals surface area contributed by atoms with E-state index >= 15 is 0 Å². The number of hydrogen-bond acceptors (Lipinski definition) is 3. The molecule has 1 aromatic carbocycles. The highest BCUT2D eigenvalue weighted by molar-refractivity contribution is 5.20.